The largest absolute Gasteiger partial charge is 0.465 e. The number of halogens is 1. The van der Waals surface area contributed by atoms with E-state index in [1.54, 1.807) is 24.3 Å². The Morgan fingerprint density at radius 1 is 1.22 bits per heavy atom. The van der Waals surface area contributed by atoms with Crippen molar-refractivity contribution in [2.45, 2.75) is 49.3 Å². The van der Waals surface area contributed by atoms with Gasteiger partial charge in [-0.25, -0.2) is 0 Å². The van der Waals surface area contributed by atoms with E-state index in [4.69, 9.17) is 10.00 Å². The number of hydrogen-bond acceptors (Lipinski definition) is 4. The molecule has 0 heterocycles. The molecule has 2 unspecified atom stereocenters. The van der Waals surface area contributed by atoms with Crippen LogP contribution in [-0.2, 0) is 14.3 Å². The van der Waals surface area contributed by atoms with Crippen LogP contribution in [0.15, 0.2) is 24.3 Å². The third-order valence-corrected chi connectivity index (χ3v) is 7.23. The van der Waals surface area contributed by atoms with Crippen LogP contribution in [0.25, 0.3) is 0 Å². The van der Waals surface area contributed by atoms with Crippen molar-refractivity contribution in [3.8, 4) is 6.07 Å². The summed E-state index contributed by atoms with van der Waals surface area (Å²) in [5.74, 6) is 0.839. The highest BCUT2D eigenvalue weighted by atomic mass is 79.9. The van der Waals surface area contributed by atoms with Crippen molar-refractivity contribution < 1.29 is 14.3 Å². The van der Waals surface area contributed by atoms with Crippen LogP contribution in [0.4, 0.5) is 5.69 Å². The molecule has 4 fully saturated rings. The summed E-state index contributed by atoms with van der Waals surface area (Å²) >= 11 is 3.90. The number of ether oxygens (including phenoxy) is 1. The maximum atomic E-state index is 12.9. The lowest BCUT2D eigenvalue weighted by atomic mass is 9.49. The van der Waals surface area contributed by atoms with Gasteiger partial charge in [0.2, 0.25) is 5.91 Å². The first-order valence-electron chi connectivity index (χ1n) is 9.57. The maximum absolute atomic E-state index is 12.9. The summed E-state index contributed by atoms with van der Waals surface area (Å²) in [7, 11) is 0. The van der Waals surface area contributed by atoms with Crippen LogP contribution in [0, 0.1) is 28.6 Å². The second kappa shape index (κ2) is 6.94. The van der Waals surface area contributed by atoms with Crippen LogP contribution in [-0.4, -0.2) is 22.8 Å². The second-order valence-corrected chi connectivity index (χ2v) is 10.2. The molecular formula is C21H23BrN2O3. The lowest BCUT2D eigenvalue weighted by Crippen LogP contribution is -2.56. The molecule has 4 aliphatic carbocycles. The molecule has 0 aliphatic heterocycles. The molecule has 2 atom stereocenters. The van der Waals surface area contributed by atoms with Gasteiger partial charge in [0.1, 0.15) is 12.7 Å². The third-order valence-electron chi connectivity index (χ3n) is 6.31. The summed E-state index contributed by atoms with van der Waals surface area (Å²) in [6.45, 7) is 0.0752. The van der Waals surface area contributed by atoms with E-state index < -0.39 is 0 Å². The Hall–Kier alpha value is -1.87. The van der Waals surface area contributed by atoms with Gasteiger partial charge in [-0.15, -0.1) is 0 Å². The first-order valence-corrected chi connectivity index (χ1v) is 10.4. The van der Waals surface area contributed by atoms with Gasteiger partial charge in [0.25, 0.3) is 0 Å². The van der Waals surface area contributed by atoms with Gasteiger partial charge < -0.3 is 10.1 Å². The van der Waals surface area contributed by atoms with Gasteiger partial charge in [-0.3, -0.25) is 9.59 Å². The van der Waals surface area contributed by atoms with E-state index >= 15 is 0 Å². The number of esters is 1. The van der Waals surface area contributed by atoms with Crippen LogP contribution in [0.1, 0.15) is 50.5 Å². The number of amides is 1. The van der Waals surface area contributed by atoms with E-state index in [0.29, 0.717) is 23.1 Å². The van der Waals surface area contributed by atoms with Crippen LogP contribution < -0.4 is 5.32 Å². The minimum absolute atomic E-state index is 0.0752. The molecule has 0 radical (unpaired) electrons. The van der Waals surface area contributed by atoms with E-state index in [2.05, 4.69) is 21.2 Å². The average molecular weight is 431 g/mol. The van der Waals surface area contributed by atoms with Crippen molar-refractivity contribution in [2.24, 2.45) is 17.3 Å². The van der Waals surface area contributed by atoms with Crippen molar-refractivity contribution in [1.29, 1.82) is 5.26 Å². The molecular weight excluding hydrogens is 408 g/mol. The number of nitriles is 1. The summed E-state index contributed by atoms with van der Waals surface area (Å²) in [5, 5.41) is 11.8. The van der Waals surface area contributed by atoms with Crippen LogP contribution in [0.2, 0.25) is 0 Å². The lowest BCUT2D eigenvalue weighted by Gasteiger charge is -2.58. The molecule has 4 saturated carbocycles. The van der Waals surface area contributed by atoms with Crippen LogP contribution in [0.5, 0.6) is 0 Å². The fourth-order valence-electron chi connectivity index (χ4n) is 5.68. The predicted molar refractivity (Wildman–Crippen MR) is 104 cm³/mol. The predicted octanol–water partition coefficient (Wildman–Crippen LogP) is 4.16. The third kappa shape index (κ3) is 3.62. The van der Waals surface area contributed by atoms with Gasteiger partial charge in [-0.2, -0.15) is 5.26 Å². The first kappa shape index (κ1) is 18.5. The molecule has 1 aromatic rings. The number of carbonyl (C=O) groups excluding carboxylic acids is 2. The normalized spacial score (nSPS) is 33.3. The maximum Gasteiger partial charge on any atom is 0.312 e. The highest BCUT2D eigenvalue weighted by Gasteiger charge is 2.60. The zero-order valence-electron chi connectivity index (χ0n) is 15.2. The Labute approximate surface area is 167 Å². The topological polar surface area (TPSA) is 79.2 Å². The highest BCUT2D eigenvalue weighted by Crippen LogP contribution is 2.64. The van der Waals surface area contributed by atoms with E-state index in [9.17, 15) is 9.59 Å². The lowest BCUT2D eigenvalue weighted by molar-refractivity contribution is -0.169. The Morgan fingerprint density at radius 2 is 1.93 bits per heavy atom. The van der Waals surface area contributed by atoms with Crippen molar-refractivity contribution in [2.75, 3.05) is 11.9 Å². The summed E-state index contributed by atoms with van der Waals surface area (Å²) in [5.41, 5.74) is 0.537. The first-order chi connectivity index (χ1) is 12.9. The number of alkyl halides is 1. The Balaban J connectivity index is 1.31. The fraction of sp³-hybridized carbons (Fsp3) is 0.571. The summed E-state index contributed by atoms with van der Waals surface area (Å²) < 4.78 is 5.66. The van der Waals surface area contributed by atoms with Crippen molar-refractivity contribution in [3.05, 3.63) is 29.8 Å². The van der Waals surface area contributed by atoms with E-state index in [1.807, 2.05) is 6.07 Å². The summed E-state index contributed by atoms with van der Waals surface area (Å²) in [4.78, 5) is 25.0. The molecule has 5 rings (SSSR count). The minimum Gasteiger partial charge on any atom is -0.465 e. The molecule has 27 heavy (non-hydrogen) atoms. The molecule has 1 N–H and O–H groups in total. The molecule has 0 spiro atoms. The van der Waals surface area contributed by atoms with Crippen LogP contribution in [0.3, 0.4) is 0 Å². The monoisotopic (exact) mass is 430 g/mol. The molecule has 0 saturated heterocycles. The van der Waals surface area contributed by atoms with Crippen molar-refractivity contribution in [1.82, 2.24) is 0 Å². The number of hydrogen-bond donors (Lipinski definition) is 1. The quantitative estimate of drug-likeness (QED) is 0.561. The smallest absolute Gasteiger partial charge is 0.312 e. The van der Waals surface area contributed by atoms with Gasteiger partial charge in [-0.1, -0.05) is 28.1 Å². The molecule has 1 amide bonds. The van der Waals surface area contributed by atoms with Crippen molar-refractivity contribution >= 4 is 33.5 Å². The van der Waals surface area contributed by atoms with Gasteiger partial charge in [0.05, 0.1) is 23.1 Å². The Bertz CT molecular complexity index is 802. The molecule has 5 nitrogen and oxygen atoms in total. The molecule has 6 heteroatoms. The number of anilines is 1. The SMILES string of the molecule is N#Cc1ccccc1NC(=O)CCOC(=O)C12CC3CC(CC(Br)(C3)C1)C2. The van der Waals surface area contributed by atoms with Crippen LogP contribution >= 0.6 is 15.9 Å². The highest BCUT2D eigenvalue weighted by molar-refractivity contribution is 9.10. The number of rotatable bonds is 5. The zero-order chi connectivity index (χ0) is 19.1. The minimum atomic E-state index is -0.364. The number of para-hydroxylation sites is 1. The van der Waals surface area contributed by atoms with Gasteiger partial charge in [-0.05, 0) is 62.5 Å². The van der Waals surface area contributed by atoms with Gasteiger partial charge in [0, 0.05) is 4.32 Å². The fourth-order valence-corrected chi connectivity index (χ4v) is 7.13. The molecule has 1 aromatic carbocycles. The number of nitrogens with zero attached hydrogens (tertiary/aromatic N) is 1. The standard InChI is InChI=1S/C21H23BrN2O3/c22-21-10-14-7-15(11-21)9-20(8-14,13-21)19(26)27-6-5-18(25)24-17-4-2-1-3-16(17)12-23/h1-4,14-15H,5-11,13H2,(H,24,25). The number of carbonyl (C=O) groups is 2. The van der Waals surface area contributed by atoms with Crippen molar-refractivity contribution in [3.63, 3.8) is 0 Å². The molecule has 4 bridgehead atoms. The van der Waals surface area contributed by atoms with E-state index in [-0.39, 0.29) is 34.6 Å². The summed E-state index contributed by atoms with van der Waals surface area (Å²) in [6.07, 6.45) is 6.37. The average Bonchev–Trinajstić information content (AvgIpc) is 2.60. The second-order valence-electron chi connectivity index (χ2n) is 8.48. The summed E-state index contributed by atoms with van der Waals surface area (Å²) in [6, 6.07) is 8.90. The van der Waals surface area contributed by atoms with Gasteiger partial charge >= 0.3 is 5.97 Å². The Kier molecular flexibility index (Phi) is 4.75. The van der Waals surface area contributed by atoms with E-state index in [0.717, 1.165) is 19.3 Å². The molecule has 0 aromatic heterocycles. The van der Waals surface area contributed by atoms with E-state index in [1.165, 1.54) is 19.3 Å². The number of benzene rings is 1. The molecule has 142 valence electrons. The Morgan fingerprint density at radius 3 is 2.59 bits per heavy atom. The number of nitrogens with one attached hydrogen (secondary N) is 1. The van der Waals surface area contributed by atoms with Gasteiger partial charge in [0.15, 0.2) is 0 Å². The molecule has 4 aliphatic rings. The zero-order valence-corrected chi connectivity index (χ0v) is 16.8.